The average molecular weight is 431 g/mol. The summed E-state index contributed by atoms with van der Waals surface area (Å²) in [5.41, 5.74) is 0. The molecule has 0 aliphatic carbocycles. The summed E-state index contributed by atoms with van der Waals surface area (Å²) in [4.78, 5) is 12.2. The minimum atomic E-state index is -3.27. The molecule has 1 unspecified atom stereocenters. The third-order valence-corrected chi connectivity index (χ3v) is 7.74. The van der Waals surface area contributed by atoms with Crippen molar-refractivity contribution in [3.63, 3.8) is 0 Å². The lowest BCUT2D eigenvalue weighted by atomic mass is 10.1. The van der Waals surface area contributed by atoms with Gasteiger partial charge >= 0.3 is 0 Å². The standard InChI is InChI=1S/C19H38N6O3S/c1-4-20-19(21-15-18-16-22-5-7-23(18)8-6-22)24-9-11-25(12-10-24)29(26,27)14-13-28-17(2)3/h17-18H,4-16H2,1-3H3,(H,20,21). The van der Waals surface area contributed by atoms with Crippen LogP contribution in [0.3, 0.4) is 0 Å². The molecule has 10 heteroatoms. The topological polar surface area (TPSA) is 80.7 Å². The summed E-state index contributed by atoms with van der Waals surface area (Å²) in [5, 5.41) is 3.39. The molecule has 168 valence electrons. The largest absolute Gasteiger partial charge is 0.378 e. The van der Waals surface area contributed by atoms with E-state index in [1.54, 1.807) is 4.31 Å². The predicted octanol–water partition coefficient (Wildman–Crippen LogP) is -0.676. The van der Waals surface area contributed by atoms with Crippen molar-refractivity contribution in [1.29, 1.82) is 0 Å². The van der Waals surface area contributed by atoms with Crippen LogP contribution in [0.25, 0.3) is 0 Å². The maximum absolute atomic E-state index is 12.5. The number of ether oxygens (including phenoxy) is 1. The molecule has 4 aliphatic heterocycles. The van der Waals surface area contributed by atoms with E-state index in [9.17, 15) is 8.42 Å². The molecular weight excluding hydrogens is 392 g/mol. The number of hydrogen-bond donors (Lipinski definition) is 1. The molecule has 29 heavy (non-hydrogen) atoms. The highest BCUT2D eigenvalue weighted by Gasteiger charge is 2.32. The molecule has 1 N–H and O–H groups in total. The fraction of sp³-hybridized carbons (Fsp3) is 0.947. The fourth-order valence-corrected chi connectivity index (χ4v) is 5.50. The molecule has 0 amide bonds. The molecule has 0 spiro atoms. The van der Waals surface area contributed by atoms with E-state index in [1.165, 1.54) is 13.1 Å². The fourth-order valence-electron chi connectivity index (χ4n) is 4.21. The summed E-state index contributed by atoms with van der Waals surface area (Å²) in [6, 6.07) is 0.494. The number of aliphatic imine (C=N–C) groups is 1. The summed E-state index contributed by atoms with van der Waals surface area (Å²) in [7, 11) is -3.27. The lowest BCUT2D eigenvalue weighted by Gasteiger charge is -2.47. The normalized spacial score (nSPS) is 28.9. The molecule has 9 nitrogen and oxygen atoms in total. The van der Waals surface area contributed by atoms with Crippen molar-refractivity contribution in [3.8, 4) is 0 Å². The Morgan fingerprint density at radius 1 is 1.10 bits per heavy atom. The molecule has 4 rings (SSSR count). The van der Waals surface area contributed by atoms with E-state index in [1.807, 2.05) is 13.8 Å². The van der Waals surface area contributed by atoms with Crippen molar-refractivity contribution in [2.75, 3.05) is 84.4 Å². The SMILES string of the molecule is CCNC(=NCC1CN2CCN1CC2)N1CCN(S(=O)(=O)CCOC(C)C)CC1. The Morgan fingerprint density at radius 2 is 1.79 bits per heavy atom. The van der Waals surface area contributed by atoms with Crippen LogP contribution < -0.4 is 5.32 Å². The molecule has 4 fully saturated rings. The zero-order valence-corrected chi connectivity index (χ0v) is 19.0. The maximum Gasteiger partial charge on any atom is 0.216 e. The Balaban J connectivity index is 1.51. The molecule has 4 saturated heterocycles. The Kier molecular flexibility index (Phi) is 8.15. The highest BCUT2D eigenvalue weighted by molar-refractivity contribution is 7.89. The lowest BCUT2D eigenvalue weighted by molar-refractivity contribution is 0.0173. The molecule has 4 heterocycles. The van der Waals surface area contributed by atoms with Crippen LogP contribution in [-0.4, -0.2) is 130 Å². The summed E-state index contributed by atoms with van der Waals surface area (Å²) in [6.07, 6.45) is 0.0495. The minimum absolute atomic E-state index is 0.0490. The van der Waals surface area contributed by atoms with E-state index < -0.39 is 10.0 Å². The van der Waals surface area contributed by atoms with Crippen molar-refractivity contribution >= 4 is 16.0 Å². The van der Waals surface area contributed by atoms with Crippen molar-refractivity contribution in [1.82, 2.24) is 24.3 Å². The number of fused-ring (bicyclic) bond motifs is 3. The van der Waals surface area contributed by atoms with E-state index in [2.05, 4.69) is 26.9 Å². The van der Waals surface area contributed by atoms with Gasteiger partial charge in [-0.1, -0.05) is 0 Å². The number of guanidine groups is 1. The van der Waals surface area contributed by atoms with Gasteiger partial charge < -0.3 is 15.0 Å². The van der Waals surface area contributed by atoms with Crippen LogP contribution in [0.1, 0.15) is 20.8 Å². The Hall–Kier alpha value is -0.940. The number of piperazine rings is 4. The Labute approximate surface area is 176 Å². The van der Waals surface area contributed by atoms with E-state index >= 15 is 0 Å². The smallest absolute Gasteiger partial charge is 0.216 e. The van der Waals surface area contributed by atoms with Crippen molar-refractivity contribution in [3.05, 3.63) is 0 Å². The number of nitrogens with one attached hydrogen (secondary N) is 1. The van der Waals surface area contributed by atoms with Crippen LogP contribution in [0.4, 0.5) is 0 Å². The number of sulfonamides is 1. The van der Waals surface area contributed by atoms with Crippen LogP contribution in [0.2, 0.25) is 0 Å². The second-order valence-electron chi connectivity index (χ2n) is 8.31. The third kappa shape index (κ3) is 6.27. The minimum Gasteiger partial charge on any atom is -0.378 e. The molecule has 0 aromatic rings. The molecule has 0 radical (unpaired) electrons. The maximum atomic E-state index is 12.5. The number of rotatable bonds is 8. The van der Waals surface area contributed by atoms with E-state index in [0.29, 0.717) is 32.2 Å². The van der Waals surface area contributed by atoms with Crippen LogP contribution in [0.5, 0.6) is 0 Å². The van der Waals surface area contributed by atoms with Gasteiger partial charge in [0, 0.05) is 71.5 Å². The first-order chi connectivity index (χ1) is 13.9. The van der Waals surface area contributed by atoms with Crippen LogP contribution in [0.15, 0.2) is 4.99 Å². The average Bonchev–Trinajstić information content (AvgIpc) is 2.72. The van der Waals surface area contributed by atoms with Gasteiger partial charge in [0.2, 0.25) is 10.0 Å². The summed E-state index contributed by atoms with van der Waals surface area (Å²) in [6.45, 7) is 15.8. The molecule has 2 bridgehead atoms. The van der Waals surface area contributed by atoms with Gasteiger partial charge in [-0.05, 0) is 20.8 Å². The van der Waals surface area contributed by atoms with Gasteiger partial charge in [-0.3, -0.25) is 14.8 Å². The number of hydrogen-bond acceptors (Lipinski definition) is 6. The van der Waals surface area contributed by atoms with Gasteiger partial charge in [-0.25, -0.2) is 8.42 Å². The summed E-state index contributed by atoms with van der Waals surface area (Å²) >= 11 is 0. The van der Waals surface area contributed by atoms with Crippen LogP contribution >= 0.6 is 0 Å². The van der Waals surface area contributed by atoms with E-state index in [0.717, 1.165) is 38.7 Å². The van der Waals surface area contributed by atoms with E-state index in [4.69, 9.17) is 9.73 Å². The first-order valence-corrected chi connectivity index (χ1v) is 12.6. The zero-order valence-electron chi connectivity index (χ0n) is 18.2. The van der Waals surface area contributed by atoms with Crippen LogP contribution in [-0.2, 0) is 14.8 Å². The van der Waals surface area contributed by atoms with Gasteiger partial charge in [-0.15, -0.1) is 0 Å². The molecular formula is C19H38N6O3S. The van der Waals surface area contributed by atoms with E-state index in [-0.39, 0.29) is 18.5 Å². The molecule has 0 saturated carbocycles. The molecule has 4 aliphatic rings. The highest BCUT2D eigenvalue weighted by atomic mass is 32.2. The predicted molar refractivity (Wildman–Crippen MR) is 116 cm³/mol. The van der Waals surface area contributed by atoms with Crippen molar-refractivity contribution in [2.24, 2.45) is 4.99 Å². The van der Waals surface area contributed by atoms with Gasteiger partial charge in [0.25, 0.3) is 0 Å². The molecule has 1 atom stereocenters. The first kappa shape index (κ1) is 22.7. The molecule has 0 aromatic carbocycles. The highest BCUT2D eigenvalue weighted by Crippen LogP contribution is 2.16. The van der Waals surface area contributed by atoms with Crippen LogP contribution in [0, 0.1) is 0 Å². The summed E-state index contributed by atoms with van der Waals surface area (Å²) in [5.74, 6) is 0.957. The van der Waals surface area contributed by atoms with Gasteiger partial charge in [0.05, 0.1) is 25.0 Å². The third-order valence-electron chi connectivity index (χ3n) is 5.90. The second kappa shape index (κ2) is 10.4. The zero-order chi connectivity index (χ0) is 20.9. The van der Waals surface area contributed by atoms with Gasteiger partial charge in [0.15, 0.2) is 5.96 Å². The second-order valence-corrected chi connectivity index (χ2v) is 10.4. The van der Waals surface area contributed by atoms with Crippen molar-refractivity contribution in [2.45, 2.75) is 32.9 Å². The van der Waals surface area contributed by atoms with Crippen molar-refractivity contribution < 1.29 is 13.2 Å². The summed E-state index contributed by atoms with van der Waals surface area (Å²) < 4.78 is 32.1. The Bertz CT molecular complexity index is 640. The van der Waals surface area contributed by atoms with Gasteiger partial charge in [0.1, 0.15) is 0 Å². The van der Waals surface area contributed by atoms with Gasteiger partial charge in [-0.2, -0.15) is 4.31 Å². The first-order valence-electron chi connectivity index (χ1n) is 11.0. The number of nitrogens with zero attached hydrogens (tertiary/aromatic N) is 5. The lowest BCUT2D eigenvalue weighted by Crippen LogP contribution is -2.62. The quantitative estimate of drug-likeness (QED) is 0.404. The Morgan fingerprint density at radius 3 is 2.34 bits per heavy atom. The molecule has 0 aromatic heterocycles. The monoisotopic (exact) mass is 430 g/mol.